The van der Waals surface area contributed by atoms with Crippen LogP contribution >= 0.6 is 0 Å². The number of carbonyl (C=O) groups is 2. The summed E-state index contributed by atoms with van der Waals surface area (Å²) in [7, 11) is 2.90. The second-order valence-electron chi connectivity index (χ2n) is 10.5. The van der Waals surface area contributed by atoms with Crippen LogP contribution in [0.3, 0.4) is 0 Å². The van der Waals surface area contributed by atoms with E-state index in [0.29, 0.717) is 35.2 Å². The van der Waals surface area contributed by atoms with Crippen molar-refractivity contribution in [3.63, 3.8) is 0 Å². The number of para-hydroxylation sites is 2. The zero-order chi connectivity index (χ0) is 32.3. The van der Waals surface area contributed by atoms with Crippen LogP contribution in [-0.4, -0.2) is 60.3 Å². The Morgan fingerprint density at radius 1 is 0.739 bits per heavy atom. The summed E-state index contributed by atoms with van der Waals surface area (Å²) in [6, 6.07) is 30.8. The molecule has 0 fully saturated rings. The molecular formula is C36H36N4O6. The zero-order valence-electron chi connectivity index (χ0n) is 26.0. The smallest absolute Gasteiger partial charge is 0.268 e. The predicted molar refractivity (Wildman–Crippen MR) is 174 cm³/mol. The van der Waals surface area contributed by atoms with Crippen LogP contribution in [-0.2, 0) is 22.7 Å². The Bertz CT molecular complexity index is 1750. The molecule has 1 N–H and O–H groups in total. The number of hydrogen-bond acceptors (Lipinski definition) is 8. The third kappa shape index (κ3) is 8.58. The highest BCUT2D eigenvalue weighted by molar-refractivity contribution is 5.97. The number of likely N-dealkylation sites (N-methyl/N-ethyl adjacent to an activating group) is 1. The number of amides is 2. The van der Waals surface area contributed by atoms with E-state index in [0.717, 1.165) is 27.2 Å². The molecule has 5 aromatic rings. The number of hydroxylamine groups is 2. The number of aryl methyl sites for hydroxylation is 1. The van der Waals surface area contributed by atoms with Gasteiger partial charge in [0.05, 0.1) is 18.1 Å². The van der Waals surface area contributed by atoms with Crippen molar-refractivity contribution in [2.24, 2.45) is 0 Å². The van der Waals surface area contributed by atoms with Crippen molar-refractivity contribution >= 4 is 22.8 Å². The van der Waals surface area contributed by atoms with Gasteiger partial charge in [0, 0.05) is 19.0 Å². The molecule has 1 atom stereocenters. The maximum Gasteiger partial charge on any atom is 0.268 e. The molecule has 2 amide bonds. The van der Waals surface area contributed by atoms with Crippen molar-refractivity contribution < 1.29 is 28.6 Å². The third-order valence-corrected chi connectivity index (χ3v) is 7.21. The second-order valence-corrected chi connectivity index (χ2v) is 10.5. The van der Waals surface area contributed by atoms with Gasteiger partial charge in [0.25, 0.3) is 11.8 Å². The van der Waals surface area contributed by atoms with Crippen LogP contribution in [0.15, 0.2) is 103 Å². The van der Waals surface area contributed by atoms with E-state index in [9.17, 15) is 9.59 Å². The Morgan fingerprint density at radius 3 is 2.04 bits per heavy atom. The maximum atomic E-state index is 13.2. The van der Waals surface area contributed by atoms with E-state index >= 15 is 0 Å². The fraction of sp³-hybridized carbons (Fsp3) is 0.222. The molecule has 5 rings (SSSR count). The first kappa shape index (κ1) is 31.9. The highest BCUT2D eigenvalue weighted by atomic mass is 16.7. The van der Waals surface area contributed by atoms with Gasteiger partial charge in [-0.2, -0.15) is 0 Å². The van der Waals surface area contributed by atoms with E-state index in [-0.39, 0.29) is 25.5 Å². The van der Waals surface area contributed by atoms with Crippen LogP contribution in [0.4, 0.5) is 0 Å². The van der Waals surface area contributed by atoms with E-state index in [1.807, 2.05) is 85.8 Å². The molecule has 0 aliphatic carbocycles. The molecule has 10 heteroatoms. The predicted octanol–water partition coefficient (Wildman–Crippen LogP) is 5.34. The quantitative estimate of drug-likeness (QED) is 0.131. The fourth-order valence-corrected chi connectivity index (χ4v) is 4.66. The van der Waals surface area contributed by atoms with Gasteiger partial charge in [-0.15, -0.1) is 0 Å². The largest absolute Gasteiger partial charge is 0.490 e. The number of nitrogens with zero attached hydrogens (tertiary/aromatic N) is 3. The molecule has 1 heterocycles. The fourth-order valence-electron chi connectivity index (χ4n) is 4.66. The Balaban J connectivity index is 1.14. The number of carbonyl (C=O) groups excluding carboxylic acids is 2. The molecule has 10 nitrogen and oxygen atoms in total. The van der Waals surface area contributed by atoms with Gasteiger partial charge in [-0.25, -0.2) is 15.0 Å². The summed E-state index contributed by atoms with van der Waals surface area (Å²) in [5, 5.41) is 3.95. The Morgan fingerprint density at radius 2 is 1.35 bits per heavy atom. The Kier molecular flexibility index (Phi) is 10.8. The minimum atomic E-state index is -0.858. The van der Waals surface area contributed by atoms with Gasteiger partial charge >= 0.3 is 0 Å². The summed E-state index contributed by atoms with van der Waals surface area (Å²) in [5.41, 5.74) is 4.58. The summed E-state index contributed by atoms with van der Waals surface area (Å²) in [6.07, 6.45) is 0.263. The van der Waals surface area contributed by atoms with Crippen LogP contribution in [0.2, 0.25) is 0 Å². The van der Waals surface area contributed by atoms with Crippen molar-refractivity contribution in [2.75, 3.05) is 27.4 Å². The van der Waals surface area contributed by atoms with Crippen molar-refractivity contribution in [2.45, 2.75) is 26.0 Å². The molecule has 236 valence electrons. The summed E-state index contributed by atoms with van der Waals surface area (Å²) in [5.74, 6) is 0.963. The van der Waals surface area contributed by atoms with Crippen LogP contribution in [0.25, 0.3) is 11.0 Å². The third-order valence-electron chi connectivity index (χ3n) is 7.21. The maximum absolute atomic E-state index is 13.2. The minimum absolute atomic E-state index is 0.263. The average molecular weight is 621 g/mol. The van der Waals surface area contributed by atoms with E-state index in [1.165, 1.54) is 14.2 Å². The lowest BCUT2D eigenvalue weighted by Crippen LogP contribution is -2.48. The molecule has 0 saturated carbocycles. The monoisotopic (exact) mass is 620 g/mol. The molecule has 1 aromatic heterocycles. The molecule has 0 aliphatic heterocycles. The van der Waals surface area contributed by atoms with Crippen molar-refractivity contribution in [3.8, 4) is 17.4 Å². The van der Waals surface area contributed by atoms with E-state index < -0.39 is 11.9 Å². The number of rotatable bonds is 14. The average Bonchev–Trinajstić information content (AvgIpc) is 3.09. The minimum Gasteiger partial charge on any atom is -0.490 e. The lowest BCUT2D eigenvalue weighted by atomic mass is 10.0. The highest BCUT2D eigenvalue weighted by Gasteiger charge is 2.25. The van der Waals surface area contributed by atoms with E-state index in [1.54, 1.807) is 24.3 Å². The number of nitrogens with one attached hydrogen (secondary N) is 1. The van der Waals surface area contributed by atoms with Crippen LogP contribution in [0.1, 0.15) is 27.2 Å². The summed E-state index contributed by atoms with van der Waals surface area (Å²) >= 11 is 0. The molecular weight excluding hydrogens is 584 g/mol. The van der Waals surface area contributed by atoms with Gasteiger partial charge in [-0.1, -0.05) is 54.6 Å². The van der Waals surface area contributed by atoms with Crippen LogP contribution < -0.4 is 19.5 Å². The number of fused-ring (bicyclic) bond motifs is 1. The van der Waals surface area contributed by atoms with Gasteiger partial charge in [0.1, 0.15) is 43.1 Å². The number of aromatic nitrogens is 2. The van der Waals surface area contributed by atoms with Gasteiger partial charge in [0.15, 0.2) is 0 Å². The molecule has 4 aromatic carbocycles. The van der Waals surface area contributed by atoms with Gasteiger partial charge in [-0.3, -0.25) is 14.4 Å². The molecule has 0 radical (unpaired) electrons. The summed E-state index contributed by atoms with van der Waals surface area (Å²) in [6.45, 7) is 2.85. The zero-order valence-corrected chi connectivity index (χ0v) is 26.0. The van der Waals surface area contributed by atoms with Crippen LogP contribution in [0.5, 0.6) is 17.4 Å². The van der Waals surface area contributed by atoms with E-state index in [4.69, 9.17) is 19.0 Å². The van der Waals surface area contributed by atoms with Gasteiger partial charge < -0.3 is 19.5 Å². The number of ether oxygens (including phenoxy) is 3. The van der Waals surface area contributed by atoms with E-state index in [2.05, 4.69) is 15.3 Å². The van der Waals surface area contributed by atoms with Crippen molar-refractivity contribution in [3.05, 3.63) is 126 Å². The number of hydrogen-bond donors (Lipinski definition) is 1. The summed E-state index contributed by atoms with van der Waals surface area (Å²) < 4.78 is 17.5. The topological polar surface area (TPSA) is 112 Å². The standard InChI is InChI=1S/C36H36N4O6/c1-25-35(39-32-12-8-7-11-31(32)37-25)45-22-21-44-29-19-15-28(16-20-29)34(41)38-33(36(42)40(2)43-3)23-26-13-17-30(18-14-26)46-24-27-9-5-4-6-10-27/h4-20,33H,21-24H2,1-3H3,(H,38,41)/t33-/m0/s1. The molecule has 0 saturated heterocycles. The number of benzene rings is 4. The first-order valence-electron chi connectivity index (χ1n) is 14.9. The Labute approximate surface area is 267 Å². The molecule has 46 heavy (non-hydrogen) atoms. The van der Waals surface area contributed by atoms with Gasteiger partial charge in [0.2, 0.25) is 5.88 Å². The normalized spacial score (nSPS) is 11.5. The first-order chi connectivity index (χ1) is 22.4. The lowest BCUT2D eigenvalue weighted by Gasteiger charge is -2.23. The molecule has 0 spiro atoms. The molecule has 0 unspecified atom stereocenters. The molecule has 0 bridgehead atoms. The highest BCUT2D eigenvalue weighted by Crippen LogP contribution is 2.19. The SMILES string of the molecule is CON(C)C(=O)[C@H](Cc1ccc(OCc2ccccc2)cc1)NC(=O)c1ccc(OCCOc2nc3ccccc3nc2C)cc1. The van der Waals surface area contributed by atoms with Gasteiger partial charge in [-0.05, 0) is 66.6 Å². The van der Waals surface area contributed by atoms with Crippen LogP contribution in [0, 0.1) is 6.92 Å². The summed E-state index contributed by atoms with van der Waals surface area (Å²) in [4.78, 5) is 40.4. The first-order valence-corrected chi connectivity index (χ1v) is 14.9. The second kappa shape index (κ2) is 15.5. The van der Waals surface area contributed by atoms with Crippen molar-refractivity contribution in [1.82, 2.24) is 20.3 Å². The Hall–Kier alpha value is -5.48. The van der Waals surface area contributed by atoms with Crippen molar-refractivity contribution in [1.29, 1.82) is 0 Å². The molecule has 0 aliphatic rings. The lowest BCUT2D eigenvalue weighted by molar-refractivity contribution is -0.170.